The van der Waals surface area contributed by atoms with Crippen LogP contribution in [0, 0.1) is 6.92 Å². The van der Waals surface area contributed by atoms with E-state index in [0.717, 1.165) is 5.69 Å². The van der Waals surface area contributed by atoms with Gasteiger partial charge in [-0.25, -0.2) is 14.5 Å². The molecular formula is C15H14N4O2. The van der Waals surface area contributed by atoms with Gasteiger partial charge in [0.2, 0.25) is 0 Å². The summed E-state index contributed by atoms with van der Waals surface area (Å²) in [4.78, 5) is 16.3. The second kappa shape index (κ2) is 4.90. The Morgan fingerprint density at radius 1 is 1.29 bits per heavy atom. The van der Waals surface area contributed by atoms with Crippen LogP contribution in [0.1, 0.15) is 16.1 Å². The Morgan fingerprint density at radius 2 is 2.00 bits per heavy atom. The molecule has 1 aromatic carbocycles. The van der Waals surface area contributed by atoms with Gasteiger partial charge in [0.15, 0.2) is 5.65 Å². The van der Waals surface area contributed by atoms with Gasteiger partial charge in [0.05, 0.1) is 35.8 Å². The number of benzene rings is 1. The molecule has 106 valence electrons. The molecule has 0 amide bonds. The normalized spacial score (nSPS) is 10.8. The summed E-state index contributed by atoms with van der Waals surface area (Å²) in [7, 11) is 1.32. The number of carbonyl (C=O) groups excluding carboxylic acids is 1. The van der Waals surface area contributed by atoms with Gasteiger partial charge in [-0.2, -0.15) is 5.10 Å². The van der Waals surface area contributed by atoms with Crippen LogP contribution in [0.4, 0.5) is 5.69 Å². The Balaban J connectivity index is 2.28. The van der Waals surface area contributed by atoms with Crippen molar-refractivity contribution in [2.45, 2.75) is 6.92 Å². The van der Waals surface area contributed by atoms with Gasteiger partial charge >= 0.3 is 5.97 Å². The molecule has 0 radical (unpaired) electrons. The number of aryl methyl sites for hydroxylation is 1. The molecule has 0 spiro atoms. The molecule has 0 atom stereocenters. The van der Waals surface area contributed by atoms with Crippen LogP contribution in [-0.4, -0.2) is 27.8 Å². The van der Waals surface area contributed by atoms with E-state index in [1.54, 1.807) is 17.8 Å². The molecular weight excluding hydrogens is 268 g/mol. The Labute approximate surface area is 121 Å². The van der Waals surface area contributed by atoms with Crippen LogP contribution < -0.4 is 5.73 Å². The van der Waals surface area contributed by atoms with Gasteiger partial charge in [0, 0.05) is 0 Å². The molecule has 6 nitrogen and oxygen atoms in total. The van der Waals surface area contributed by atoms with Crippen LogP contribution in [0.15, 0.2) is 36.5 Å². The molecule has 2 aromatic heterocycles. The van der Waals surface area contributed by atoms with E-state index in [-0.39, 0.29) is 5.56 Å². The molecule has 0 unspecified atom stereocenters. The number of rotatable bonds is 2. The maximum absolute atomic E-state index is 11.8. The van der Waals surface area contributed by atoms with E-state index in [2.05, 4.69) is 10.1 Å². The Hall–Kier alpha value is -2.89. The van der Waals surface area contributed by atoms with Gasteiger partial charge < -0.3 is 10.5 Å². The number of nitrogens with zero attached hydrogens (tertiary/aromatic N) is 3. The molecule has 0 saturated carbocycles. The van der Waals surface area contributed by atoms with Gasteiger partial charge in [-0.15, -0.1) is 0 Å². The van der Waals surface area contributed by atoms with Crippen molar-refractivity contribution in [3.8, 4) is 5.69 Å². The SMILES string of the molecule is COC(=O)c1c(C)nc2c(cnn2-c2ccccc2)c1N. The topological polar surface area (TPSA) is 83.0 Å². The Bertz CT molecular complexity index is 825. The van der Waals surface area contributed by atoms with Gasteiger partial charge in [-0.1, -0.05) is 18.2 Å². The number of esters is 1. The van der Waals surface area contributed by atoms with Crippen LogP contribution >= 0.6 is 0 Å². The molecule has 6 heteroatoms. The van der Waals surface area contributed by atoms with Crippen LogP contribution in [0.2, 0.25) is 0 Å². The van der Waals surface area contributed by atoms with Crippen LogP contribution in [0.3, 0.4) is 0 Å². The number of nitrogens with two attached hydrogens (primary N) is 1. The lowest BCUT2D eigenvalue weighted by Gasteiger charge is -2.09. The van der Waals surface area contributed by atoms with E-state index in [4.69, 9.17) is 10.5 Å². The summed E-state index contributed by atoms with van der Waals surface area (Å²) in [5.41, 5.74) is 8.73. The number of aromatic nitrogens is 3. The fourth-order valence-electron chi connectivity index (χ4n) is 2.30. The highest BCUT2D eigenvalue weighted by atomic mass is 16.5. The van der Waals surface area contributed by atoms with E-state index in [1.807, 2.05) is 30.3 Å². The summed E-state index contributed by atoms with van der Waals surface area (Å²) in [5.74, 6) is -0.494. The van der Waals surface area contributed by atoms with Crippen LogP contribution in [0.5, 0.6) is 0 Å². The van der Waals surface area contributed by atoms with Gasteiger partial charge in [-0.3, -0.25) is 0 Å². The average Bonchev–Trinajstić information content (AvgIpc) is 2.91. The summed E-state index contributed by atoms with van der Waals surface area (Å²) in [6, 6.07) is 9.61. The van der Waals surface area contributed by atoms with E-state index >= 15 is 0 Å². The number of nitrogen functional groups attached to an aromatic ring is 1. The first kappa shape index (κ1) is 13.1. The minimum Gasteiger partial charge on any atom is -0.465 e. The fraction of sp³-hybridized carbons (Fsp3) is 0.133. The highest BCUT2D eigenvalue weighted by molar-refractivity contribution is 6.04. The van der Waals surface area contributed by atoms with Crippen molar-refractivity contribution in [1.29, 1.82) is 0 Å². The molecule has 0 saturated heterocycles. The average molecular weight is 282 g/mol. The zero-order chi connectivity index (χ0) is 15.0. The number of hydrogen-bond acceptors (Lipinski definition) is 5. The minimum absolute atomic E-state index is 0.289. The minimum atomic E-state index is -0.494. The molecule has 2 heterocycles. The highest BCUT2D eigenvalue weighted by Crippen LogP contribution is 2.27. The molecule has 0 bridgehead atoms. The van der Waals surface area contributed by atoms with Crippen molar-refractivity contribution in [2.24, 2.45) is 0 Å². The third-order valence-corrected chi connectivity index (χ3v) is 3.33. The number of methoxy groups -OCH3 is 1. The third kappa shape index (κ3) is 2.01. The number of ether oxygens (including phenoxy) is 1. The van der Waals surface area contributed by atoms with Crippen molar-refractivity contribution < 1.29 is 9.53 Å². The van der Waals surface area contributed by atoms with E-state index in [9.17, 15) is 4.79 Å². The first-order chi connectivity index (χ1) is 10.1. The lowest BCUT2D eigenvalue weighted by atomic mass is 10.1. The predicted octanol–water partition coefficient (Wildman–Crippen LogP) is 2.10. The molecule has 21 heavy (non-hydrogen) atoms. The fourth-order valence-corrected chi connectivity index (χ4v) is 2.30. The lowest BCUT2D eigenvalue weighted by molar-refractivity contribution is 0.0601. The Morgan fingerprint density at radius 3 is 2.67 bits per heavy atom. The predicted molar refractivity (Wildman–Crippen MR) is 79.4 cm³/mol. The van der Waals surface area contributed by atoms with Gasteiger partial charge in [0.25, 0.3) is 0 Å². The number of fused-ring (bicyclic) bond motifs is 1. The summed E-state index contributed by atoms with van der Waals surface area (Å²) < 4.78 is 6.45. The maximum Gasteiger partial charge on any atom is 0.341 e. The quantitative estimate of drug-likeness (QED) is 0.728. The lowest BCUT2D eigenvalue weighted by Crippen LogP contribution is -2.10. The summed E-state index contributed by atoms with van der Waals surface area (Å²) >= 11 is 0. The third-order valence-electron chi connectivity index (χ3n) is 3.33. The largest absolute Gasteiger partial charge is 0.465 e. The smallest absolute Gasteiger partial charge is 0.341 e. The summed E-state index contributed by atoms with van der Waals surface area (Å²) in [6.07, 6.45) is 1.61. The van der Waals surface area contributed by atoms with Gasteiger partial charge in [-0.05, 0) is 19.1 Å². The number of pyridine rings is 1. The van der Waals surface area contributed by atoms with E-state index < -0.39 is 5.97 Å². The molecule has 0 aliphatic carbocycles. The van der Waals surface area contributed by atoms with E-state index in [1.165, 1.54) is 7.11 Å². The molecule has 0 fully saturated rings. The number of anilines is 1. The van der Waals surface area contributed by atoms with Crippen molar-refractivity contribution in [1.82, 2.24) is 14.8 Å². The number of hydrogen-bond donors (Lipinski definition) is 1. The van der Waals surface area contributed by atoms with E-state index in [0.29, 0.717) is 22.4 Å². The number of para-hydroxylation sites is 1. The maximum atomic E-state index is 11.8. The Kier molecular flexibility index (Phi) is 3.06. The summed E-state index contributed by atoms with van der Waals surface area (Å²) in [6.45, 7) is 1.73. The number of carbonyl (C=O) groups is 1. The van der Waals surface area contributed by atoms with Crippen molar-refractivity contribution in [3.05, 3.63) is 47.8 Å². The molecule has 0 aliphatic heterocycles. The molecule has 3 rings (SSSR count). The molecule has 3 aromatic rings. The highest BCUT2D eigenvalue weighted by Gasteiger charge is 2.20. The van der Waals surface area contributed by atoms with Crippen molar-refractivity contribution in [2.75, 3.05) is 12.8 Å². The zero-order valence-corrected chi connectivity index (χ0v) is 11.7. The molecule has 0 aliphatic rings. The monoisotopic (exact) mass is 282 g/mol. The van der Waals surface area contributed by atoms with Crippen LogP contribution in [-0.2, 0) is 4.74 Å². The first-order valence-corrected chi connectivity index (χ1v) is 6.41. The van der Waals surface area contributed by atoms with Gasteiger partial charge in [0.1, 0.15) is 5.56 Å². The van der Waals surface area contributed by atoms with Crippen LogP contribution in [0.25, 0.3) is 16.7 Å². The molecule has 2 N–H and O–H groups in total. The second-order valence-electron chi connectivity index (χ2n) is 4.61. The standard InChI is InChI=1S/C15H14N4O2/c1-9-12(15(20)21-2)13(16)11-8-17-19(14(11)18-9)10-6-4-3-5-7-10/h3-8H,1-2H3,(H2,16,18). The summed E-state index contributed by atoms with van der Waals surface area (Å²) in [5, 5.41) is 4.95. The zero-order valence-electron chi connectivity index (χ0n) is 11.7. The first-order valence-electron chi connectivity index (χ1n) is 6.41. The van der Waals surface area contributed by atoms with Crippen molar-refractivity contribution in [3.63, 3.8) is 0 Å². The second-order valence-corrected chi connectivity index (χ2v) is 4.61. The van der Waals surface area contributed by atoms with Crippen molar-refractivity contribution >= 4 is 22.7 Å².